The van der Waals surface area contributed by atoms with Gasteiger partial charge in [-0.25, -0.2) is 0 Å². The fraction of sp³-hybridized carbons (Fsp3) is 0.692. The summed E-state index contributed by atoms with van der Waals surface area (Å²) in [6, 6.07) is 2.13. The van der Waals surface area contributed by atoms with E-state index in [1.165, 1.54) is 5.56 Å². The number of aryl methyl sites for hydroxylation is 1. The average molecular weight is 240 g/mol. The molecule has 1 aromatic rings. The molecule has 0 amide bonds. The third kappa shape index (κ3) is 5.86. The molecule has 2 N–H and O–H groups in total. The molecule has 0 saturated heterocycles. The number of rotatable bonds is 9. The first-order chi connectivity index (χ1) is 8.26. The third-order valence-electron chi connectivity index (χ3n) is 2.64. The van der Waals surface area contributed by atoms with Crippen molar-refractivity contribution in [2.24, 2.45) is 0 Å². The Morgan fingerprint density at radius 1 is 1.53 bits per heavy atom. The number of nitrogens with one attached hydrogen (secondary N) is 1. The number of methoxy groups -OCH3 is 1. The van der Waals surface area contributed by atoms with Gasteiger partial charge in [-0.15, -0.1) is 0 Å². The topological polar surface area (TPSA) is 46.4 Å². The Balaban J connectivity index is 2.13. The molecule has 1 atom stereocenters. The number of nitrogens with zero attached hydrogens (tertiary/aromatic N) is 1. The van der Waals surface area contributed by atoms with Crippen molar-refractivity contribution < 1.29 is 9.84 Å². The molecule has 1 heterocycles. The second-order valence-electron chi connectivity index (χ2n) is 4.33. The van der Waals surface area contributed by atoms with E-state index in [0.717, 1.165) is 32.5 Å². The highest BCUT2D eigenvalue weighted by Gasteiger charge is 2.02. The Labute approximate surface area is 104 Å². The average Bonchev–Trinajstić information content (AvgIpc) is 2.73. The van der Waals surface area contributed by atoms with E-state index < -0.39 is 0 Å². The van der Waals surface area contributed by atoms with Crippen LogP contribution in [0.3, 0.4) is 0 Å². The molecule has 0 spiro atoms. The summed E-state index contributed by atoms with van der Waals surface area (Å²) < 4.78 is 7.07. The first-order valence-corrected chi connectivity index (χ1v) is 6.28. The first kappa shape index (κ1) is 14.2. The summed E-state index contributed by atoms with van der Waals surface area (Å²) >= 11 is 0. The summed E-state index contributed by atoms with van der Waals surface area (Å²) in [4.78, 5) is 0. The van der Waals surface area contributed by atoms with Gasteiger partial charge >= 0.3 is 0 Å². The maximum absolute atomic E-state index is 9.45. The lowest BCUT2D eigenvalue weighted by Crippen LogP contribution is -2.22. The molecule has 1 aromatic heterocycles. The van der Waals surface area contributed by atoms with Crippen molar-refractivity contribution in [1.82, 2.24) is 9.88 Å². The van der Waals surface area contributed by atoms with Crippen LogP contribution in [-0.4, -0.2) is 36.0 Å². The summed E-state index contributed by atoms with van der Waals surface area (Å²) in [6.45, 7) is 5.33. The number of aromatic nitrogens is 1. The Hall–Kier alpha value is -0.840. The first-order valence-electron chi connectivity index (χ1n) is 6.28. The van der Waals surface area contributed by atoms with E-state index in [0.29, 0.717) is 6.61 Å². The minimum atomic E-state index is -0.364. The molecule has 4 heteroatoms. The van der Waals surface area contributed by atoms with Crippen LogP contribution in [0.5, 0.6) is 0 Å². The van der Waals surface area contributed by atoms with E-state index in [9.17, 15) is 5.11 Å². The molecule has 0 radical (unpaired) electrons. The molecule has 0 aliphatic carbocycles. The Morgan fingerprint density at radius 2 is 2.35 bits per heavy atom. The molecular formula is C13H24N2O2. The van der Waals surface area contributed by atoms with Crippen LogP contribution in [-0.2, 0) is 17.8 Å². The molecule has 4 nitrogen and oxygen atoms in total. The molecule has 0 aliphatic heterocycles. The van der Waals surface area contributed by atoms with E-state index in [1.807, 2.05) is 0 Å². The van der Waals surface area contributed by atoms with Crippen molar-refractivity contribution in [3.8, 4) is 0 Å². The van der Waals surface area contributed by atoms with Gasteiger partial charge in [-0.1, -0.05) is 6.92 Å². The second-order valence-corrected chi connectivity index (χ2v) is 4.33. The zero-order valence-corrected chi connectivity index (χ0v) is 10.9. The molecule has 1 rings (SSSR count). The lowest BCUT2D eigenvalue weighted by atomic mass is 10.2. The maximum atomic E-state index is 9.45. The predicted molar refractivity (Wildman–Crippen MR) is 68.9 cm³/mol. The van der Waals surface area contributed by atoms with Crippen LogP contribution in [0.4, 0.5) is 0 Å². The largest absolute Gasteiger partial charge is 0.391 e. The van der Waals surface area contributed by atoms with Gasteiger partial charge in [-0.05, 0) is 31.0 Å². The standard InChI is InChI=1S/C13H24N2O2/c1-3-7-15-8-5-12(10-15)9-14-6-4-13(16)11-17-2/h5,8,10,13-14,16H,3-4,6-7,9,11H2,1-2H3. The van der Waals surface area contributed by atoms with Crippen LogP contribution in [0.15, 0.2) is 18.5 Å². The fourth-order valence-electron chi connectivity index (χ4n) is 1.77. The minimum Gasteiger partial charge on any atom is -0.391 e. The Bertz CT molecular complexity index is 299. The fourth-order valence-corrected chi connectivity index (χ4v) is 1.77. The number of hydrogen-bond acceptors (Lipinski definition) is 3. The van der Waals surface area contributed by atoms with Crippen molar-refractivity contribution in [2.75, 3.05) is 20.3 Å². The molecule has 0 saturated carbocycles. The molecule has 1 unspecified atom stereocenters. The molecule has 17 heavy (non-hydrogen) atoms. The Morgan fingerprint density at radius 3 is 3.06 bits per heavy atom. The van der Waals surface area contributed by atoms with Gasteiger partial charge in [0.2, 0.25) is 0 Å². The Kier molecular flexibility index (Phi) is 6.93. The normalized spacial score (nSPS) is 12.9. The summed E-state index contributed by atoms with van der Waals surface area (Å²) in [5.74, 6) is 0. The van der Waals surface area contributed by atoms with Gasteiger partial charge in [0.25, 0.3) is 0 Å². The highest BCUT2D eigenvalue weighted by molar-refractivity contribution is 5.09. The third-order valence-corrected chi connectivity index (χ3v) is 2.64. The summed E-state index contributed by atoms with van der Waals surface area (Å²) in [7, 11) is 1.60. The smallest absolute Gasteiger partial charge is 0.0785 e. The second kappa shape index (κ2) is 8.28. The van der Waals surface area contributed by atoms with E-state index in [1.54, 1.807) is 7.11 Å². The quantitative estimate of drug-likeness (QED) is 0.641. The maximum Gasteiger partial charge on any atom is 0.0785 e. The number of hydrogen-bond donors (Lipinski definition) is 2. The van der Waals surface area contributed by atoms with Crippen LogP contribution in [0.25, 0.3) is 0 Å². The van der Waals surface area contributed by atoms with Crippen molar-refractivity contribution in [3.05, 3.63) is 24.0 Å². The van der Waals surface area contributed by atoms with Crippen LogP contribution < -0.4 is 5.32 Å². The van der Waals surface area contributed by atoms with Gasteiger partial charge in [-0.2, -0.15) is 0 Å². The molecule has 0 fully saturated rings. The highest BCUT2D eigenvalue weighted by atomic mass is 16.5. The van der Waals surface area contributed by atoms with E-state index >= 15 is 0 Å². The van der Waals surface area contributed by atoms with Crippen LogP contribution in [0.2, 0.25) is 0 Å². The monoisotopic (exact) mass is 240 g/mol. The number of aliphatic hydroxyl groups is 1. The van der Waals surface area contributed by atoms with Crippen molar-refractivity contribution in [2.45, 2.75) is 39.0 Å². The van der Waals surface area contributed by atoms with E-state index in [4.69, 9.17) is 4.74 Å². The molecule has 0 aromatic carbocycles. The highest BCUT2D eigenvalue weighted by Crippen LogP contribution is 2.02. The van der Waals surface area contributed by atoms with Gasteiger partial charge in [-0.3, -0.25) is 0 Å². The van der Waals surface area contributed by atoms with Crippen molar-refractivity contribution in [1.29, 1.82) is 0 Å². The summed E-state index contributed by atoms with van der Waals surface area (Å²) in [6.07, 6.45) is 5.80. The van der Waals surface area contributed by atoms with E-state index in [-0.39, 0.29) is 6.10 Å². The summed E-state index contributed by atoms with van der Waals surface area (Å²) in [5, 5.41) is 12.8. The van der Waals surface area contributed by atoms with Crippen LogP contribution >= 0.6 is 0 Å². The van der Waals surface area contributed by atoms with E-state index in [2.05, 4.69) is 35.3 Å². The number of ether oxygens (including phenoxy) is 1. The minimum absolute atomic E-state index is 0.364. The zero-order chi connectivity index (χ0) is 12.5. The summed E-state index contributed by atoms with van der Waals surface area (Å²) in [5.41, 5.74) is 1.29. The van der Waals surface area contributed by atoms with Gasteiger partial charge < -0.3 is 19.7 Å². The predicted octanol–water partition coefficient (Wildman–Crippen LogP) is 1.39. The van der Waals surface area contributed by atoms with Gasteiger partial charge in [0.1, 0.15) is 0 Å². The van der Waals surface area contributed by atoms with Gasteiger partial charge in [0.15, 0.2) is 0 Å². The molecule has 0 aliphatic rings. The van der Waals surface area contributed by atoms with Crippen LogP contribution in [0, 0.1) is 0 Å². The SMILES string of the molecule is CCCn1ccc(CNCCC(O)COC)c1. The van der Waals surface area contributed by atoms with Crippen molar-refractivity contribution >= 4 is 0 Å². The molecule has 98 valence electrons. The lowest BCUT2D eigenvalue weighted by molar-refractivity contribution is 0.0594. The zero-order valence-electron chi connectivity index (χ0n) is 10.9. The molecular weight excluding hydrogens is 216 g/mol. The van der Waals surface area contributed by atoms with Gasteiger partial charge in [0.05, 0.1) is 12.7 Å². The number of aliphatic hydroxyl groups excluding tert-OH is 1. The van der Waals surface area contributed by atoms with Gasteiger partial charge in [0, 0.05) is 32.6 Å². The van der Waals surface area contributed by atoms with Crippen LogP contribution in [0.1, 0.15) is 25.3 Å². The molecule has 0 bridgehead atoms. The van der Waals surface area contributed by atoms with Crippen molar-refractivity contribution in [3.63, 3.8) is 0 Å². The lowest BCUT2D eigenvalue weighted by Gasteiger charge is -2.09.